The minimum absolute atomic E-state index is 0.000906. The van der Waals surface area contributed by atoms with Crippen LogP contribution in [0.3, 0.4) is 0 Å². The number of allylic oxidation sites excluding steroid dienone is 2. The first kappa shape index (κ1) is 45.0. The fourth-order valence-corrected chi connectivity index (χ4v) is 15.2. The van der Waals surface area contributed by atoms with Gasteiger partial charge in [-0.15, -0.1) is 0 Å². The second kappa shape index (κ2) is 16.7. The van der Waals surface area contributed by atoms with E-state index in [0.29, 0.717) is 42.4 Å². The molecule has 1 amide bonds. The molecule has 0 aromatic rings. The van der Waals surface area contributed by atoms with Gasteiger partial charge in [-0.1, -0.05) is 126 Å². The van der Waals surface area contributed by atoms with Gasteiger partial charge in [0.2, 0.25) is 5.91 Å². The number of hydrogen-bond donors (Lipinski definition) is 1. The second-order valence-corrected chi connectivity index (χ2v) is 22.9. The van der Waals surface area contributed by atoms with Crippen molar-refractivity contribution in [3.63, 3.8) is 0 Å². The third kappa shape index (κ3) is 7.60. The van der Waals surface area contributed by atoms with E-state index < -0.39 is 11.7 Å². The lowest BCUT2D eigenvalue weighted by atomic mass is 9.32. The molecule has 1 aliphatic heterocycles. The molecule has 0 aromatic heterocycles. The van der Waals surface area contributed by atoms with E-state index in [1.54, 1.807) is 5.57 Å². The van der Waals surface area contributed by atoms with Crippen molar-refractivity contribution in [2.45, 2.75) is 211 Å². The SMILES string of the molecule is CCCCCCCCCC(=O)NCC1O[C@@H](O[C@H]2CCC3(C)C4CC=C5C6CC(C)(C)CC[C@]6(C(C)=O)C(C)C[C@@]5(C)[C@]4(C)CC[C@H]3C2(C)C=O)C(C)[C@@H](C)[C@@H]1C. The highest BCUT2D eigenvalue weighted by Gasteiger charge is 2.70. The van der Waals surface area contributed by atoms with Crippen LogP contribution in [0.15, 0.2) is 11.6 Å². The normalized spacial score (nSPS) is 46.4. The van der Waals surface area contributed by atoms with Crippen molar-refractivity contribution in [1.82, 2.24) is 5.32 Å². The highest BCUT2D eigenvalue weighted by atomic mass is 16.7. The van der Waals surface area contributed by atoms with Crippen LogP contribution in [0.25, 0.3) is 0 Å². The number of Topliss-reactive ketones (excluding diaryl/α,β-unsaturated/α-hetero) is 1. The van der Waals surface area contributed by atoms with Gasteiger partial charge in [0.15, 0.2) is 6.29 Å². The van der Waals surface area contributed by atoms with Gasteiger partial charge in [-0.05, 0) is 128 Å². The summed E-state index contributed by atoms with van der Waals surface area (Å²) in [5.41, 5.74) is 1.12. The molecule has 57 heavy (non-hydrogen) atoms. The van der Waals surface area contributed by atoms with Crippen molar-refractivity contribution >= 4 is 18.0 Å². The molecule has 5 fully saturated rings. The van der Waals surface area contributed by atoms with Crippen LogP contribution in [0.2, 0.25) is 0 Å². The van der Waals surface area contributed by atoms with Crippen LogP contribution >= 0.6 is 0 Å². The highest BCUT2D eigenvalue weighted by molar-refractivity contribution is 5.84. The number of fused-ring (bicyclic) bond motifs is 7. The van der Waals surface area contributed by atoms with E-state index in [1.165, 1.54) is 38.4 Å². The molecule has 0 spiro atoms. The van der Waals surface area contributed by atoms with E-state index in [0.717, 1.165) is 70.6 Å². The number of aldehydes is 1. The van der Waals surface area contributed by atoms with Gasteiger partial charge in [-0.25, -0.2) is 0 Å². The zero-order valence-electron chi connectivity index (χ0n) is 38.7. The summed E-state index contributed by atoms with van der Waals surface area (Å²) < 4.78 is 13.9. The van der Waals surface area contributed by atoms with Crippen molar-refractivity contribution < 1.29 is 23.9 Å². The van der Waals surface area contributed by atoms with Gasteiger partial charge in [-0.2, -0.15) is 0 Å². The van der Waals surface area contributed by atoms with E-state index >= 15 is 0 Å². The number of ether oxygens (including phenoxy) is 2. The fraction of sp³-hybridized carbons (Fsp3) is 0.902. The predicted molar refractivity (Wildman–Crippen MR) is 231 cm³/mol. The van der Waals surface area contributed by atoms with Crippen molar-refractivity contribution in [3.05, 3.63) is 11.6 Å². The largest absolute Gasteiger partial charge is 0.353 e. The van der Waals surface area contributed by atoms with Gasteiger partial charge in [0.1, 0.15) is 12.1 Å². The summed E-state index contributed by atoms with van der Waals surface area (Å²) in [7, 11) is 0. The Labute approximate surface area is 349 Å². The van der Waals surface area contributed by atoms with Gasteiger partial charge in [0, 0.05) is 24.3 Å². The van der Waals surface area contributed by atoms with E-state index in [1.807, 2.05) is 6.92 Å². The quantitative estimate of drug-likeness (QED) is 0.0820. The maximum Gasteiger partial charge on any atom is 0.220 e. The first-order valence-corrected chi connectivity index (χ1v) is 24.0. The van der Waals surface area contributed by atoms with Gasteiger partial charge in [0.05, 0.1) is 17.6 Å². The summed E-state index contributed by atoms with van der Waals surface area (Å²) >= 11 is 0. The standard InChI is InChI=1S/C51H85NO5/c1-13-14-15-16-17-18-19-20-44(55)52-31-40-35(4)34(3)36(5)45(56-40)57-43-24-25-47(9)41(48(43,10)32-53)23-26-49(11)42(47)22-21-38-39-30-46(7,8)27-28-51(39,37(6)54)33(2)29-50(38,49)12/h21,32-36,39-43,45H,13-20,22-31H2,1-12H3,(H,52,55)/t33?,34-,35-,36?,39?,40?,41+,42?,43-,45-,47?,48?,49+,50+,51+/m0/s1. The Kier molecular flexibility index (Phi) is 13.2. The second-order valence-electron chi connectivity index (χ2n) is 22.9. The number of hydrogen-bond acceptors (Lipinski definition) is 5. The Balaban J connectivity index is 1.16. The fourth-order valence-electron chi connectivity index (χ4n) is 15.2. The third-order valence-corrected chi connectivity index (χ3v) is 19.4. The summed E-state index contributed by atoms with van der Waals surface area (Å²) in [4.78, 5) is 40.2. The number of amides is 1. The average molecular weight is 792 g/mol. The van der Waals surface area contributed by atoms with Crippen LogP contribution in [-0.4, -0.2) is 43.0 Å². The molecule has 0 bridgehead atoms. The predicted octanol–water partition coefficient (Wildman–Crippen LogP) is 12.1. The van der Waals surface area contributed by atoms with Crippen LogP contribution in [-0.2, 0) is 23.9 Å². The molecule has 4 saturated carbocycles. The lowest BCUT2D eigenvalue weighted by Gasteiger charge is -2.72. The maximum atomic E-state index is 13.7. The molecule has 1 N–H and O–H groups in total. The Hall–Kier alpha value is -1.53. The molecule has 15 atom stereocenters. The van der Waals surface area contributed by atoms with Crippen LogP contribution < -0.4 is 5.32 Å². The van der Waals surface area contributed by atoms with Crippen molar-refractivity contribution in [2.24, 2.45) is 73.9 Å². The maximum absolute atomic E-state index is 13.7. The minimum atomic E-state index is -0.619. The Morgan fingerprint density at radius 3 is 2.19 bits per heavy atom. The number of rotatable bonds is 14. The van der Waals surface area contributed by atoms with Gasteiger partial charge < -0.3 is 19.6 Å². The lowest BCUT2D eigenvalue weighted by Crippen LogP contribution is -2.67. The topological polar surface area (TPSA) is 81.7 Å². The summed E-state index contributed by atoms with van der Waals surface area (Å²) in [6, 6.07) is 0. The molecule has 7 unspecified atom stereocenters. The lowest BCUT2D eigenvalue weighted by molar-refractivity contribution is -0.293. The Bertz CT molecular complexity index is 1500. The molecule has 0 radical (unpaired) electrons. The smallest absolute Gasteiger partial charge is 0.220 e. The molecular formula is C51H85NO5. The highest BCUT2D eigenvalue weighted by Crippen LogP contribution is 2.76. The van der Waals surface area contributed by atoms with Crippen molar-refractivity contribution in [2.75, 3.05) is 6.54 Å². The van der Waals surface area contributed by atoms with Crippen molar-refractivity contribution in [1.29, 1.82) is 0 Å². The monoisotopic (exact) mass is 792 g/mol. The Morgan fingerprint density at radius 2 is 1.53 bits per heavy atom. The first-order valence-electron chi connectivity index (χ1n) is 24.0. The summed E-state index contributed by atoms with van der Waals surface area (Å²) in [5.74, 6) is 2.73. The summed E-state index contributed by atoms with van der Waals surface area (Å²) in [6.07, 6.45) is 21.5. The Morgan fingerprint density at radius 1 is 0.842 bits per heavy atom. The molecule has 6 heteroatoms. The number of carbonyl (C=O) groups is 3. The molecule has 324 valence electrons. The number of unbranched alkanes of at least 4 members (excludes halogenated alkanes) is 6. The zero-order chi connectivity index (χ0) is 41.8. The van der Waals surface area contributed by atoms with Gasteiger partial charge >= 0.3 is 0 Å². The number of ketones is 1. The van der Waals surface area contributed by atoms with Crippen LogP contribution in [0.4, 0.5) is 0 Å². The molecule has 1 saturated heterocycles. The van der Waals surface area contributed by atoms with Crippen molar-refractivity contribution in [3.8, 4) is 0 Å². The molecule has 6 rings (SSSR count). The average Bonchev–Trinajstić information content (AvgIpc) is 3.15. The van der Waals surface area contributed by atoms with Gasteiger partial charge in [-0.3, -0.25) is 9.59 Å². The van der Waals surface area contributed by atoms with E-state index in [9.17, 15) is 14.4 Å². The molecule has 5 aliphatic carbocycles. The first-order chi connectivity index (χ1) is 26.8. The van der Waals surface area contributed by atoms with Crippen LogP contribution in [0.1, 0.15) is 192 Å². The molecular weight excluding hydrogens is 707 g/mol. The van der Waals surface area contributed by atoms with Gasteiger partial charge in [0.25, 0.3) is 0 Å². The summed E-state index contributed by atoms with van der Waals surface area (Å²) in [6.45, 7) is 28.6. The molecule has 6 nitrogen and oxygen atoms in total. The molecule has 0 aromatic carbocycles. The summed E-state index contributed by atoms with van der Waals surface area (Å²) in [5, 5.41) is 3.21. The van der Waals surface area contributed by atoms with E-state index in [2.05, 4.69) is 87.6 Å². The molecule has 1 heterocycles. The van der Waals surface area contributed by atoms with Crippen LogP contribution in [0, 0.1) is 73.9 Å². The van der Waals surface area contributed by atoms with E-state index in [-0.39, 0.29) is 62.9 Å². The number of carbonyl (C=O) groups excluding carboxylic acids is 3. The number of nitrogens with one attached hydrogen (secondary N) is 1. The minimum Gasteiger partial charge on any atom is -0.353 e. The third-order valence-electron chi connectivity index (χ3n) is 19.4. The van der Waals surface area contributed by atoms with E-state index in [4.69, 9.17) is 9.47 Å². The molecule has 6 aliphatic rings. The zero-order valence-corrected chi connectivity index (χ0v) is 38.7. The van der Waals surface area contributed by atoms with Crippen LogP contribution in [0.5, 0.6) is 0 Å².